The van der Waals surface area contributed by atoms with Crippen LogP contribution in [0.25, 0.3) is 0 Å². The fraction of sp³-hybridized carbons (Fsp3) is 0.500. The van der Waals surface area contributed by atoms with Crippen LogP contribution in [0.5, 0.6) is 0 Å². The van der Waals surface area contributed by atoms with E-state index in [9.17, 15) is 9.90 Å². The summed E-state index contributed by atoms with van der Waals surface area (Å²) in [6.45, 7) is 5.81. The number of amides is 1. The Morgan fingerprint density at radius 3 is 2.41 bits per heavy atom. The Kier molecular flexibility index (Phi) is 2.96. The van der Waals surface area contributed by atoms with E-state index in [0.29, 0.717) is 6.42 Å². The Hall–Kier alpha value is -1.35. The maximum Gasteiger partial charge on any atom is 0.225 e. The third-order valence-electron chi connectivity index (χ3n) is 3.63. The van der Waals surface area contributed by atoms with Crippen LogP contribution in [0.4, 0.5) is 0 Å². The monoisotopic (exact) mass is 233 g/mol. The number of aliphatic hydroxyl groups excluding tert-OH is 1. The van der Waals surface area contributed by atoms with Crippen molar-refractivity contribution in [1.29, 1.82) is 0 Å². The predicted octanol–water partition coefficient (Wildman–Crippen LogP) is 1.90. The minimum Gasteiger partial charge on any atom is -0.373 e. The first-order chi connectivity index (χ1) is 7.97. The summed E-state index contributed by atoms with van der Waals surface area (Å²) in [5.41, 5.74) is 0.520. The molecule has 1 amide bonds. The Morgan fingerprint density at radius 2 is 1.94 bits per heavy atom. The second kappa shape index (κ2) is 4.15. The topological polar surface area (TPSA) is 40.5 Å². The first-order valence-corrected chi connectivity index (χ1v) is 6.01. The van der Waals surface area contributed by atoms with Crippen LogP contribution >= 0.6 is 0 Å². The van der Waals surface area contributed by atoms with Crippen molar-refractivity contribution in [3.05, 3.63) is 35.9 Å². The van der Waals surface area contributed by atoms with Gasteiger partial charge in [0.1, 0.15) is 6.23 Å². The lowest BCUT2D eigenvalue weighted by Crippen LogP contribution is -2.44. The molecule has 17 heavy (non-hydrogen) atoms. The van der Waals surface area contributed by atoms with Crippen molar-refractivity contribution in [2.24, 2.45) is 0 Å². The average Bonchev–Trinajstić information content (AvgIpc) is 2.52. The Balaban J connectivity index is 2.38. The van der Waals surface area contributed by atoms with Gasteiger partial charge < -0.3 is 10.0 Å². The van der Waals surface area contributed by atoms with E-state index >= 15 is 0 Å². The maximum atomic E-state index is 12.0. The summed E-state index contributed by atoms with van der Waals surface area (Å²) in [5, 5.41) is 10.4. The average molecular weight is 233 g/mol. The van der Waals surface area contributed by atoms with Gasteiger partial charge in [-0.05, 0) is 19.4 Å². The Bertz CT molecular complexity index is 415. The summed E-state index contributed by atoms with van der Waals surface area (Å²) in [7, 11) is 0. The van der Waals surface area contributed by atoms with E-state index in [1.54, 1.807) is 4.90 Å². The molecule has 1 heterocycles. The molecule has 1 aliphatic heterocycles. The summed E-state index contributed by atoms with van der Waals surface area (Å²) in [6.07, 6.45) is -0.367. The maximum absolute atomic E-state index is 12.0. The van der Waals surface area contributed by atoms with E-state index in [1.807, 2.05) is 51.1 Å². The molecule has 1 fully saturated rings. The number of nitrogens with zero attached hydrogens (tertiary/aromatic N) is 1. The van der Waals surface area contributed by atoms with Gasteiger partial charge in [-0.2, -0.15) is 0 Å². The van der Waals surface area contributed by atoms with Crippen molar-refractivity contribution in [1.82, 2.24) is 4.90 Å². The molecule has 0 aliphatic carbocycles. The highest BCUT2D eigenvalue weighted by Crippen LogP contribution is 2.40. The number of hydrogen-bond acceptors (Lipinski definition) is 2. The van der Waals surface area contributed by atoms with Crippen LogP contribution in [-0.4, -0.2) is 28.2 Å². The first kappa shape index (κ1) is 12.1. The largest absolute Gasteiger partial charge is 0.373 e. The lowest BCUT2D eigenvalue weighted by molar-refractivity contribution is -0.136. The van der Waals surface area contributed by atoms with Gasteiger partial charge in [0.05, 0.1) is 0 Å². The Morgan fingerprint density at radius 1 is 1.35 bits per heavy atom. The second-order valence-electron chi connectivity index (χ2n) is 5.23. The molecule has 1 N–H and O–H groups in total. The third kappa shape index (κ3) is 1.84. The molecular weight excluding hydrogens is 214 g/mol. The summed E-state index contributed by atoms with van der Waals surface area (Å²) >= 11 is 0. The second-order valence-corrected chi connectivity index (χ2v) is 5.23. The van der Waals surface area contributed by atoms with Gasteiger partial charge in [0.25, 0.3) is 0 Å². The molecule has 0 bridgehead atoms. The standard InChI is InChI=1S/C14H19NO2/c1-10(2)15-12(16)9-14(3,13(15)17)11-7-5-4-6-8-11/h4-8,10,13,17H,9H2,1-3H3. The number of hydrogen-bond donors (Lipinski definition) is 1. The van der Waals surface area contributed by atoms with Crippen LogP contribution in [0.1, 0.15) is 32.8 Å². The minimum absolute atomic E-state index is 0.0267. The number of likely N-dealkylation sites (tertiary alicyclic amines) is 1. The van der Waals surface area contributed by atoms with Gasteiger partial charge in [0.15, 0.2) is 0 Å². The fourth-order valence-electron chi connectivity index (χ4n) is 2.58. The number of rotatable bonds is 2. The van der Waals surface area contributed by atoms with Crippen molar-refractivity contribution in [2.75, 3.05) is 0 Å². The van der Waals surface area contributed by atoms with Crippen molar-refractivity contribution < 1.29 is 9.90 Å². The fourth-order valence-corrected chi connectivity index (χ4v) is 2.58. The normalized spacial score (nSPS) is 29.1. The first-order valence-electron chi connectivity index (χ1n) is 6.01. The van der Waals surface area contributed by atoms with Crippen LogP contribution in [0, 0.1) is 0 Å². The molecule has 0 aromatic heterocycles. The smallest absolute Gasteiger partial charge is 0.225 e. The van der Waals surface area contributed by atoms with Crippen LogP contribution in [-0.2, 0) is 10.2 Å². The quantitative estimate of drug-likeness (QED) is 0.847. The molecule has 1 aliphatic rings. The third-order valence-corrected chi connectivity index (χ3v) is 3.63. The van der Waals surface area contributed by atoms with E-state index in [-0.39, 0.29) is 11.9 Å². The van der Waals surface area contributed by atoms with E-state index < -0.39 is 11.6 Å². The summed E-state index contributed by atoms with van der Waals surface area (Å²) in [4.78, 5) is 13.6. The van der Waals surface area contributed by atoms with Gasteiger partial charge in [0, 0.05) is 17.9 Å². The molecular formula is C14H19NO2. The molecule has 0 radical (unpaired) electrons. The van der Waals surface area contributed by atoms with Crippen LogP contribution in [0.2, 0.25) is 0 Å². The highest BCUT2D eigenvalue weighted by Gasteiger charge is 2.49. The van der Waals surface area contributed by atoms with Gasteiger partial charge in [0.2, 0.25) is 5.91 Å². The van der Waals surface area contributed by atoms with Crippen LogP contribution in [0.15, 0.2) is 30.3 Å². The number of benzene rings is 1. The lowest BCUT2D eigenvalue weighted by atomic mass is 9.80. The van der Waals surface area contributed by atoms with Gasteiger partial charge in [-0.25, -0.2) is 0 Å². The Labute approximate surface area is 102 Å². The zero-order chi connectivity index (χ0) is 12.6. The molecule has 2 rings (SSSR count). The van der Waals surface area contributed by atoms with Crippen molar-refractivity contribution in [2.45, 2.75) is 44.9 Å². The van der Waals surface area contributed by atoms with Crippen LogP contribution in [0.3, 0.4) is 0 Å². The highest BCUT2D eigenvalue weighted by atomic mass is 16.3. The van der Waals surface area contributed by atoms with Crippen molar-refractivity contribution in [3.8, 4) is 0 Å². The van der Waals surface area contributed by atoms with E-state index in [2.05, 4.69) is 0 Å². The molecule has 0 saturated carbocycles. The van der Waals surface area contributed by atoms with E-state index in [4.69, 9.17) is 0 Å². The summed E-state index contributed by atoms with van der Waals surface area (Å²) in [5.74, 6) is 0.0267. The molecule has 92 valence electrons. The predicted molar refractivity (Wildman–Crippen MR) is 66.4 cm³/mol. The molecule has 0 spiro atoms. The zero-order valence-corrected chi connectivity index (χ0v) is 10.6. The summed E-state index contributed by atoms with van der Waals surface area (Å²) in [6, 6.07) is 9.80. The molecule has 1 aromatic carbocycles. The van der Waals surface area contributed by atoms with E-state index in [0.717, 1.165) is 5.56 Å². The minimum atomic E-state index is -0.739. The van der Waals surface area contributed by atoms with Crippen LogP contribution < -0.4 is 0 Å². The SMILES string of the molecule is CC(C)N1C(=O)CC(C)(c2ccccc2)C1O. The molecule has 3 heteroatoms. The molecule has 2 unspecified atom stereocenters. The molecule has 1 aromatic rings. The van der Waals surface area contributed by atoms with Gasteiger partial charge in [-0.3, -0.25) is 4.79 Å². The number of aliphatic hydroxyl groups is 1. The lowest BCUT2D eigenvalue weighted by Gasteiger charge is -2.33. The van der Waals surface area contributed by atoms with Gasteiger partial charge >= 0.3 is 0 Å². The number of carbonyl (C=O) groups is 1. The van der Waals surface area contributed by atoms with Crippen molar-refractivity contribution >= 4 is 5.91 Å². The zero-order valence-electron chi connectivity index (χ0n) is 10.6. The number of carbonyl (C=O) groups excluding carboxylic acids is 1. The molecule has 2 atom stereocenters. The highest BCUT2D eigenvalue weighted by molar-refractivity contribution is 5.81. The van der Waals surface area contributed by atoms with Crippen molar-refractivity contribution in [3.63, 3.8) is 0 Å². The molecule has 1 saturated heterocycles. The van der Waals surface area contributed by atoms with Gasteiger partial charge in [-0.15, -0.1) is 0 Å². The van der Waals surface area contributed by atoms with E-state index in [1.165, 1.54) is 0 Å². The summed E-state index contributed by atoms with van der Waals surface area (Å²) < 4.78 is 0. The van der Waals surface area contributed by atoms with Gasteiger partial charge in [-0.1, -0.05) is 37.3 Å². The molecule has 3 nitrogen and oxygen atoms in total.